The van der Waals surface area contributed by atoms with Crippen molar-refractivity contribution in [2.24, 2.45) is 0 Å². The van der Waals surface area contributed by atoms with E-state index in [-0.39, 0.29) is 5.91 Å². The molecule has 0 bridgehead atoms. The Kier molecular flexibility index (Phi) is 7.11. The number of aromatic nitrogens is 2. The molecule has 0 spiro atoms. The van der Waals surface area contributed by atoms with Crippen LogP contribution in [0.25, 0.3) is 11.0 Å². The number of nitrogens with zero attached hydrogens (tertiary/aromatic N) is 2. The molecule has 1 aromatic heterocycles. The smallest absolute Gasteiger partial charge is 0.224 e. The van der Waals surface area contributed by atoms with E-state index in [4.69, 9.17) is 14.5 Å². The third-order valence-corrected chi connectivity index (χ3v) is 4.95. The Labute approximate surface area is 171 Å². The summed E-state index contributed by atoms with van der Waals surface area (Å²) < 4.78 is 12.8. The molecule has 3 aromatic rings. The highest BCUT2D eigenvalue weighted by molar-refractivity contribution is 5.79. The molecule has 0 radical (unpaired) electrons. The Morgan fingerprint density at radius 2 is 1.90 bits per heavy atom. The van der Waals surface area contributed by atoms with Gasteiger partial charge in [0.1, 0.15) is 5.82 Å². The number of ether oxygens (including phenoxy) is 2. The highest BCUT2D eigenvalue weighted by Crippen LogP contribution is 2.27. The second-order valence-corrected chi connectivity index (χ2v) is 6.99. The van der Waals surface area contributed by atoms with E-state index in [9.17, 15) is 4.79 Å². The van der Waals surface area contributed by atoms with Gasteiger partial charge >= 0.3 is 0 Å². The number of unbranched alkanes of at least 4 members (excludes halogenated alkanes) is 1. The third kappa shape index (κ3) is 5.08. The predicted molar refractivity (Wildman–Crippen MR) is 115 cm³/mol. The van der Waals surface area contributed by atoms with Crippen molar-refractivity contribution >= 4 is 16.9 Å². The zero-order chi connectivity index (χ0) is 20.6. The summed E-state index contributed by atoms with van der Waals surface area (Å²) in [7, 11) is 3.18. The average molecular weight is 396 g/mol. The van der Waals surface area contributed by atoms with E-state index in [1.54, 1.807) is 14.2 Å². The summed E-state index contributed by atoms with van der Waals surface area (Å²) in [5, 5.41) is 3.01. The Bertz CT molecular complexity index is 965. The van der Waals surface area contributed by atoms with Gasteiger partial charge in [-0.2, -0.15) is 0 Å². The van der Waals surface area contributed by atoms with Crippen LogP contribution in [0.4, 0.5) is 0 Å². The molecule has 0 aliphatic heterocycles. The van der Waals surface area contributed by atoms with E-state index < -0.39 is 0 Å². The Hall–Kier alpha value is -3.02. The zero-order valence-electron chi connectivity index (χ0n) is 17.4. The molecule has 29 heavy (non-hydrogen) atoms. The van der Waals surface area contributed by atoms with E-state index in [1.807, 2.05) is 36.4 Å². The first-order valence-corrected chi connectivity index (χ1v) is 10.1. The Morgan fingerprint density at radius 3 is 2.66 bits per heavy atom. The molecule has 1 amide bonds. The van der Waals surface area contributed by atoms with E-state index in [0.29, 0.717) is 30.9 Å². The molecule has 6 heteroatoms. The minimum Gasteiger partial charge on any atom is -0.493 e. The van der Waals surface area contributed by atoms with E-state index in [2.05, 4.69) is 22.9 Å². The van der Waals surface area contributed by atoms with Gasteiger partial charge in [0.25, 0.3) is 0 Å². The number of hydrogen-bond donors (Lipinski definition) is 1. The number of hydrogen-bond acceptors (Lipinski definition) is 4. The molecule has 0 atom stereocenters. The SMILES string of the molecule is CCCCn1c(CCNC(=O)Cc2ccc(OC)c(OC)c2)nc2ccccc21. The fourth-order valence-electron chi connectivity index (χ4n) is 3.43. The van der Waals surface area contributed by atoms with Crippen molar-refractivity contribution in [3.63, 3.8) is 0 Å². The minimum absolute atomic E-state index is 0.0200. The van der Waals surface area contributed by atoms with Crippen LogP contribution in [0.2, 0.25) is 0 Å². The van der Waals surface area contributed by atoms with Crippen LogP contribution >= 0.6 is 0 Å². The van der Waals surface area contributed by atoms with Crippen molar-refractivity contribution in [1.82, 2.24) is 14.9 Å². The minimum atomic E-state index is -0.0200. The fourth-order valence-corrected chi connectivity index (χ4v) is 3.43. The maximum absolute atomic E-state index is 12.4. The van der Waals surface area contributed by atoms with Crippen LogP contribution in [0.15, 0.2) is 42.5 Å². The van der Waals surface area contributed by atoms with Gasteiger partial charge in [-0.1, -0.05) is 31.5 Å². The first kappa shape index (κ1) is 20.7. The van der Waals surface area contributed by atoms with Crippen LogP contribution in [0.5, 0.6) is 11.5 Å². The summed E-state index contributed by atoms with van der Waals surface area (Å²) in [5.41, 5.74) is 3.05. The summed E-state index contributed by atoms with van der Waals surface area (Å²) in [4.78, 5) is 17.1. The van der Waals surface area contributed by atoms with Crippen molar-refractivity contribution in [2.45, 2.75) is 39.2 Å². The van der Waals surface area contributed by atoms with E-state index in [0.717, 1.165) is 41.8 Å². The molecule has 0 saturated carbocycles. The lowest BCUT2D eigenvalue weighted by atomic mass is 10.1. The standard InChI is InChI=1S/C23H29N3O3/c1-4-5-14-26-19-9-7-6-8-18(19)25-22(26)12-13-24-23(27)16-17-10-11-20(28-2)21(15-17)29-3/h6-11,15H,4-5,12-14,16H2,1-3H3,(H,24,27). The molecule has 0 unspecified atom stereocenters. The number of benzene rings is 2. The molecule has 3 rings (SSSR count). The van der Waals surface area contributed by atoms with Crippen LogP contribution in [0.3, 0.4) is 0 Å². The van der Waals surface area contributed by atoms with E-state index >= 15 is 0 Å². The molecular formula is C23H29N3O3. The van der Waals surface area contributed by atoms with Gasteiger partial charge in [0.05, 0.1) is 31.7 Å². The van der Waals surface area contributed by atoms with Gasteiger partial charge in [0.2, 0.25) is 5.91 Å². The van der Waals surface area contributed by atoms with Crippen LogP contribution in [0, 0.1) is 0 Å². The molecule has 0 saturated heterocycles. The molecule has 6 nitrogen and oxygen atoms in total. The van der Waals surface area contributed by atoms with Gasteiger partial charge in [-0.15, -0.1) is 0 Å². The summed E-state index contributed by atoms with van der Waals surface area (Å²) in [6.07, 6.45) is 3.25. The number of fused-ring (bicyclic) bond motifs is 1. The zero-order valence-corrected chi connectivity index (χ0v) is 17.4. The van der Waals surface area contributed by atoms with Gasteiger partial charge in [0, 0.05) is 19.5 Å². The summed E-state index contributed by atoms with van der Waals surface area (Å²) in [5.74, 6) is 2.28. The third-order valence-electron chi connectivity index (χ3n) is 4.95. The first-order chi connectivity index (χ1) is 14.2. The summed E-state index contributed by atoms with van der Waals surface area (Å²) in [6, 6.07) is 13.7. The van der Waals surface area contributed by atoms with Gasteiger partial charge < -0.3 is 19.4 Å². The summed E-state index contributed by atoms with van der Waals surface area (Å²) >= 11 is 0. The molecule has 0 fully saturated rings. The molecule has 1 N–H and O–H groups in total. The monoisotopic (exact) mass is 395 g/mol. The number of rotatable bonds is 10. The lowest BCUT2D eigenvalue weighted by Crippen LogP contribution is -2.28. The van der Waals surface area contributed by atoms with Crippen molar-refractivity contribution in [3.05, 3.63) is 53.9 Å². The van der Waals surface area contributed by atoms with E-state index in [1.165, 1.54) is 0 Å². The second-order valence-electron chi connectivity index (χ2n) is 6.99. The molecule has 0 aliphatic rings. The highest BCUT2D eigenvalue weighted by Gasteiger charge is 2.11. The normalized spacial score (nSPS) is 10.9. The number of methoxy groups -OCH3 is 2. The van der Waals surface area contributed by atoms with Crippen molar-refractivity contribution in [2.75, 3.05) is 20.8 Å². The molecule has 2 aromatic carbocycles. The van der Waals surface area contributed by atoms with Crippen molar-refractivity contribution in [1.29, 1.82) is 0 Å². The average Bonchev–Trinajstić information content (AvgIpc) is 3.09. The quantitative estimate of drug-likeness (QED) is 0.568. The Morgan fingerprint density at radius 1 is 1.10 bits per heavy atom. The van der Waals surface area contributed by atoms with Crippen LogP contribution < -0.4 is 14.8 Å². The lowest BCUT2D eigenvalue weighted by Gasteiger charge is -2.11. The topological polar surface area (TPSA) is 65.4 Å². The highest BCUT2D eigenvalue weighted by atomic mass is 16.5. The number of para-hydroxylation sites is 2. The Balaban J connectivity index is 1.60. The molecular weight excluding hydrogens is 366 g/mol. The largest absolute Gasteiger partial charge is 0.493 e. The summed E-state index contributed by atoms with van der Waals surface area (Å²) in [6.45, 7) is 3.70. The fraction of sp³-hybridized carbons (Fsp3) is 0.391. The van der Waals surface area contributed by atoms with Crippen LogP contribution in [-0.4, -0.2) is 36.2 Å². The maximum Gasteiger partial charge on any atom is 0.224 e. The van der Waals surface area contributed by atoms with Gasteiger partial charge in [-0.25, -0.2) is 4.98 Å². The number of aryl methyl sites for hydroxylation is 1. The van der Waals surface area contributed by atoms with Crippen molar-refractivity contribution < 1.29 is 14.3 Å². The number of carbonyl (C=O) groups excluding carboxylic acids is 1. The lowest BCUT2D eigenvalue weighted by molar-refractivity contribution is -0.120. The molecule has 154 valence electrons. The number of carbonyl (C=O) groups is 1. The number of imidazole rings is 1. The van der Waals surface area contributed by atoms with Crippen LogP contribution in [-0.2, 0) is 24.2 Å². The number of amides is 1. The first-order valence-electron chi connectivity index (χ1n) is 10.1. The van der Waals surface area contributed by atoms with Gasteiger partial charge in [-0.05, 0) is 36.2 Å². The predicted octanol–water partition coefficient (Wildman–Crippen LogP) is 3.76. The number of nitrogens with one attached hydrogen (secondary N) is 1. The second kappa shape index (κ2) is 9.96. The van der Waals surface area contributed by atoms with Crippen LogP contribution in [0.1, 0.15) is 31.2 Å². The van der Waals surface area contributed by atoms with Crippen molar-refractivity contribution in [3.8, 4) is 11.5 Å². The molecule has 0 aliphatic carbocycles. The van der Waals surface area contributed by atoms with Gasteiger partial charge in [0.15, 0.2) is 11.5 Å². The van der Waals surface area contributed by atoms with Gasteiger partial charge in [-0.3, -0.25) is 4.79 Å². The molecule has 1 heterocycles. The maximum atomic E-state index is 12.4.